The van der Waals surface area contributed by atoms with E-state index in [2.05, 4.69) is 10.1 Å². The molecule has 3 heterocycles. The Morgan fingerprint density at radius 3 is 3.00 bits per heavy atom. The lowest BCUT2D eigenvalue weighted by molar-refractivity contribution is -0.143. The van der Waals surface area contributed by atoms with Gasteiger partial charge in [0.1, 0.15) is 6.23 Å². The number of carbonyl (C=O) groups excluding carboxylic acids is 1. The normalized spacial score (nSPS) is 16.8. The van der Waals surface area contributed by atoms with Crippen molar-refractivity contribution in [2.24, 2.45) is 0 Å². The molecule has 0 radical (unpaired) electrons. The number of aromatic nitrogens is 3. The summed E-state index contributed by atoms with van der Waals surface area (Å²) in [5.41, 5.74) is 3.82. The minimum atomic E-state index is -0.182. The van der Waals surface area contributed by atoms with Crippen molar-refractivity contribution >= 4 is 40.1 Å². The van der Waals surface area contributed by atoms with Crippen LogP contribution in [0, 0.1) is 0 Å². The molecule has 1 saturated heterocycles. The zero-order valence-corrected chi connectivity index (χ0v) is 18.4. The molecular weight excluding hydrogens is 425 g/mol. The molecule has 1 atom stereocenters. The van der Waals surface area contributed by atoms with Crippen LogP contribution in [0.1, 0.15) is 50.9 Å². The average molecular weight is 450 g/mol. The minimum absolute atomic E-state index is 0.0250. The molecule has 1 aliphatic heterocycles. The highest BCUT2D eigenvalue weighted by Crippen LogP contribution is 2.39. The predicted octanol–water partition coefficient (Wildman–Crippen LogP) is 5.92. The number of halogens is 2. The van der Waals surface area contributed by atoms with E-state index >= 15 is 0 Å². The smallest absolute Gasteiger partial charge is 0.305 e. The molecule has 6 nitrogen and oxygen atoms in total. The van der Waals surface area contributed by atoms with Crippen LogP contribution >= 0.6 is 23.2 Å². The van der Waals surface area contributed by atoms with Crippen LogP contribution in [0.25, 0.3) is 22.0 Å². The second-order valence-electron chi connectivity index (χ2n) is 7.45. The molecule has 0 amide bonds. The van der Waals surface area contributed by atoms with Crippen LogP contribution in [0.15, 0.2) is 24.5 Å². The Kier molecular flexibility index (Phi) is 6.66. The molecule has 0 aliphatic carbocycles. The lowest BCUT2D eigenvalue weighted by Gasteiger charge is -2.22. The molecule has 1 fully saturated rings. The lowest BCUT2D eigenvalue weighted by atomic mass is 10.0. The highest BCUT2D eigenvalue weighted by atomic mass is 35.5. The van der Waals surface area contributed by atoms with Crippen molar-refractivity contribution in [1.82, 2.24) is 14.8 Å². The van der Waals surface area contributed by atoms with E-state index in [1.165, 1.54) is 0 Å². The van der Waals surface area contributed by atoms with Gasteiger partial charge in [0.25, 0.3) is 0 Å². The highest BCUT2D eigenvalue weighted by molar-refractivity contribution is 6.45. The molecule has 4 rings (SSSR count). The van der Waals surface area contributed by atoms with E-state index in [4.69, 9.17) is 32.7 Å². The molecule has 2 aromatic heterocycles. The number of aromatic amines is 1. The number of hydrogen-bond donors (Lipinski definition) is 1. The van der Waals surface area contributed by atoms with Crippen LogP contribution in [0.4, 0.5) is 0 Å². The van der Waals surface area contributed by atoms with Crippen molar-refractivity contribution in [1.29, 1.82) is 0 Å². The Morgan fingerprint density at radius 2 is 2.23 bits per heavy atom. The lowest BCUT2D eigenvalue weighted by Crippen LogP contribution is -2.18. The van der Waals surface area contributed by atoms with Gasteiger partial charge in [-0.05, 0) is 45.1 Å². The second-order valence-corrected chi connectivity index (χ2v) is 8.24. The van der Waals surface area contributed by atoms with E-state index in [0.29, 0.717) is 35.9 Å². The summed E-state index contributed by atoms with van der Waals surface area (Å²) in [5, 5.41) is 6.54. The van der Waals surface area contributed by atoms with E-state index in [-0.39, 0.29) is 12.2 Å². The summed E-state index contributed by atoms with van der Waals surface area (Å²) in [6.07, 6.45) is 8.77. The van der Waals surface area contributed by atoms with Gasteiger partial charge in [-0.2, -0.15) is 5.10 Å². The molecule has 8 heteroatoms. The number of H-pyrrole nitrogens is 1. The third-order valence-corrected chi connectivity index (χ3v) is 6.20. The second kappa shape index (κ2) is 9.41. The number of esters is 1. The quantitative estimate of drug-likeness (QED) is 0.454. The third-order valence-electron chi connectivity index (χ3n) is 5.40. The van der Waals surface area contributed by atoms with E-state index in [1.54, 1.807) is 6.07 Å². The maximum atomic E-state index is 11.7. The van der Waals surface area contributed by atoms with Crippen molar-refractivity contribution in [3.63, 3.8) is 0 Å². The fourth-order valence-electron chi connectivity index (χ4n) is 3.97. The molecule has 0 saturated carbocycles. The van der Waals surface area contributed by atoms with E-state index < -0.39 is 0 Å². The predicted molar refractivity (Wildman–Crippen MR) is 118 cm³/mol. The van der Waals surface area contributed by atoms with Crippen molar-refractivity contribution in [3.8, 4) is 11.1 Å². The summed E-state index contributed by atoms with van der Waals surface area (Å²) in [7, 11) is 0. The standard InChI is InChI=1S/C22H25Cl2N3O3/c1-2-29-19(28)8-5-6-17-20(15-9-10-16(23)21(24)22(15)26-17)14-12-25-27(13-14)18-7-3-4-11-30-18/h9-10,12-13,18,26H,2-8,11H2,1H3. The Morgan fingerprint density at radius 1 is 1.37 bits per heavy atom. The summed E-state index contributed by atoms with van der Waals surface area (Å²) in [5.74, 6) is -0.182. The van der Waals surface area contributed by atoms with Gasteiger partial charge in [-0.3, -0.25) is 4.79 Å². The molecule has 160 valence electrons. The van der Waals surface area contributed by atoms with Gasteiger partial charge in [0.2, 0.25) is 0 Å². The number of benzene rings is 1. The van der Waals surface area contributed by atoms with Crippen molar-refractivity contribution < 1.29 is 14.3 Å². The first-order valence-corrected chi connectivity index (χ1v) is 11.1. The van der Waals surface area contributed by atoms with Gasteiger partial charge in [-0.25, -0.2) is 4.68 Å². The maximum Gasteiger partial charge on any atom is 0.305 e. The van der Waals surface area contributed by atoms with Crippen LogP contribution in [-0.4, -0.2) is 33.9 Å². The molecular formula is C22H25Cl2N3O3. The van der Waals surface area contributed by atoms with Gasteiger partial charge in [0.15, 0.2) is 0 Å². The number of ether oxygens (including phenoxy) is 2. The highest BCUT2D eigenvalue weighted by Gasteiger charge is 2.21. The molecule has 30 heavy (non-hydrogen) atoms. The first-order chi connectivity index (χ1) is 14.6. The maximum absolute atomic E-state index is 11.7. The van der Waals surface area contributed by atoms with Crippen molar-refractivity contribution in [2.45, 2.75) is 51.7 Å². The number of aryl methyl sites for hydroxylation is 1. The largest absolute Gasteiger partial charge is 0.466 e. The number of fused-ring (bicyclic) bond motifs is 1. The fourth-order valence-corrected chi connectivity index (χ4v) is 4.34. The van der Waals surface area contributed by atoms with E-state index in [9.17, 15) is 4.79 Å². The summed E-state index contributed by atoms with van der Waals surface area (Å²) in [4.78, 5) is 15.2. The van der Waals surface area contributed by atoms with Crippen LogP contribution in [0.5, 0.6) is 0 Å². The third kappa shape index (κ3) is 4.36. The molecule has 1 aromatic carbocycles. The SMILES string of the molecule is CCOC(=O)CCCc1[nH]c2c(Cl)c(Cl)ccc2c1-c1cnn(C2CCCCO2)c1. The number of carbonyl (C=O) groups is 1. The van der Waals surface area contributed by atoms with Crippen molar-refractivity contribution in [2.75, 3.05) is 13.2 Å². The molecule has 0 bridgehead atoms. The number of nitrogens with one attached hydrogen (secondary N) is 1. The Labute approximate surface area is 185 Å². The topological polar surface area (TPSA) is 69.1 Å². The van der Waals surface area contributed by atoms with E-state index in [0.717, 1.165) is 53.6 Å². The summed E-state index contributed by atoms with van der Waals surface area (Å²) >= 11 is 12.7. The summed E-state index contributed by atoms with van der Waals surface area (Å²) in [6, 6.07) is 3.78. The Bertz CT molecular complexity index is 1040. The number of nitrogens with zero attached hydrogens (tertiary/aromatic N) is 2. The van der Waals surface area contributed by atoms with E-state index in [1.807, 2.05) is 30.1 Å². The van der Waals surface area contributed by atoms with Gasteiger partial charge >= 0.3 is 5.97 Å². The first kappa shape index (κ1) is 21.2. The van der Waals surface area contributed by atoms with Gasteiger partial charge in [0.05, 0.1) is 28.4 Å². The zero-order valence-electron chi connectivity index (χ0n) is 16.9. The zero-order chi connectivity index (χ0) is 21.1. The van der Waals surface area contributed by atoms with Crippen LogP contribution in [0.2, 0.25) is 10.0 Å². The van der Waals surface area contributed by atoms with Crippen LogP contribution in [0.3, 0.4) is 0 Å². The molecule has 1 aliphatic rings. The molecule has 1 N–H and O–H groups in total. The van der Waals surface area contributed by atoms with Gasteiger partial charge in [-0.15, -0.1) is 0 Å². The number of hydrogen-bond acceptors (Lipinski definition) is 4. The number of rotatable bonds is 7. The summed E-state index contributed by atoms with van der Waals surface area (Å²) in [6.45, 7) is 2.97. The average Bonchev–Trinajstić information content (AvgIpc) is 3.37. The van der Waals surface area contributed by atoms with Gasteiger partial charge in [-0.1, -0.05) is 29.3 Å². The minimum Gasteiger partial charge on any atom is -0.466 e. The van der Waals surface area contributed by atoms with Crippen LogP contribution < -0.4 is 0 Å². The van der Waals surface area contributed by atoms with Crippen LogP contribution in [-0.2, 0) is 20.7 Å². The Hall–Kier alpha value is -2.02. The summed E-state index contributed by atoms with van der Waals surface area (Å²) < 4.78 is 12.8. The fraction of sp³-hybridized carbons (Fsp3) is 0.455. The monoisotopic (exact) mass is 449 g/mol. The Balaban J connectivity index is 1.67. The van der Waals surface area contributed by atoms with Gasteiger partial charge in [0, 0.05) is 41.4 Å². The molecule has 3 aromatic rings. The van der Waals surface area contributed by atoms with Gasteiger partial charge < -0.3 is 14.5 Å². The molecule has 1 unspecified atom stereocenters. The first-order valence-electron chi connectivity index (χ1n) is 10.4. The molecule has 0 spiro atoms. The van der Waals surface area contributed by atoms with Crippen molar-refractivity contribution in [3.05, 3.63) is 40.3 Å².